The number of rotatable bonds is 5. The third-order valence-electron chi connectivity index (χ3n) is 3.09. The molecule has 0 aliphatic heterocycles. The van der Waals surface area contributed by atoms with Gasteiger partial charge in [-0.1, -0.05) is 30.3 Å². The van der Waals surface area contributed by atoms with E-state index in [0.29, 0.717) is 11.6 Å². The summed E-state index contributed by atoms with van der Waals surface area (Å²) < 4.78 is 0. The van der Waals surface area contributed by atoms with E-state index in [1.165, 1.54) is 0 Å². The van der Waals surface area contributed by atoms with Gasteiger partial charge in [0.25, 0.3) is 0 Å². The molecule has 1 aromatic carbocycles. The molecular weight excluding hydrogens is 310 g/mol. The summed E-state index contributed by atoms with van der Waals surface area (Å²) in [4.78, 5) is 29.5. The molecule has 0 bridgehead atoms. The average Bonchev–Trinajstić information content (AvgIpc) is 2.89. The first-order chi connectivity index (χ1) is 10.8. The number of hydrogen-bond acceptors (Lipinski definition) is 7. The van der Waals surface area contributed by atoms with E-state index in [4.69, 9.17) is 0 Å². The van der Waals surface area contributed by atoms with E-state index >= 15 is 0 Å². The molecule has 0 heterocycles. The zero-order valence-corrected chi connectivity index (χ0v) is 11.4. The van der Waals surface area contributed by atoms with Gasteiger partial charge in [0, 0.05) is 12.5 Å². The van der Waals surface area contributed by atoms with Gasteiger partial charge in [0.2, 0.25) is 0 Å². The first-order valence-electron chi connectivity index (χ1n) is 6.19. The maximum absolute atomic E-state index is 11.1. The molecule has 0 spiro atoms. The van der Waals surface area contributed by atoms with Crippen molar-refractivity contribution in [2.45, 2.75) is 6.42 Å². The number of nitro groups is 3. The van der Waals surface area contributed by atoms with Crippen LogP contribution in [0.25, 0.3) is 0 Å². The fraction of sp³-hybridized carbons (Fsp3) is 0.0769. The minimum Gasteiger partial charge on any atom is -0.511 e. The van der Waals surface area contributed by atoms with Gasteiger partial charge in [-0.15, -0.1) is 0 Å². The van der Waals surface area contributed by atoms with E-state index in [0.717, 1.165) is 0 Å². The van der Waals surface area contributed by atoms with Gasteiger partial charge < -0.3 is 5.11 Å². The molecule has 0 saturated carbocycles. The fourth-order valence-corrected chi connectivity index (χ4v) is 2.13. The Labute approximate surface area is 128 Å². The van der Waals surface area contributed by atoms with Crippen molar-refractivity contribution in [3.8, 4) is 0 Å². The molecule has 0 aromatic heterocycles. The summed E-state index contributed by atoms with van der Waals surface area (Å²) in [5, 5.41) is 43.0. The van der Waals surface area contributed by atoms with E-state index in [1.54, 1.807) is 30.3 Å². The van der Waals surface area contributed by atoms with Gasteiger partial charge in [-0.2, -0.15) is 0 Å². The van der Waals surface area contributed by atoms with E-state index in [9.17, 15) is 35.4 Å². The molecule has 0 saturated heterocycles. The van der Waals surface area contributed by atoms with Crippen molar-refractivity contribution >= 4 is 0 Å². The van der Waals surface area contributed by atoms with E-state index in [2.05, 4.69) is 0 Å². The zero-order valence-electron chi connectivity index (χ0n) is 11.4. The SMILES string of the molecule is O=[N+]([O-])C1=C/C(=C(\O)Cc2ccccc2)C([N+](=O)[O-])=C1[N+](=O)[O-]. The fourth-order valence-electron chi connectivity index (χ4n) is 2.13. The molecule has 1 aromatic rings. The molecule has 10 nitrogen and oxygen atoms in total. The van der Waals surface area contributed by atoms with Crippen molar-refractivity contribution in [1.29, 1.82) is 0 Å². The van der Waals surface area contributed by atoms with Crippen molar-refractivity contribution in [1.82, 2.24) is 0 Å². The van der Waals surface area contributed by atoms with Crippen LogP contribution in [0, 0.1) is 30.3 Å². The number of allylic oxidation sites excluding steroid dienone is 2. The number of hydrogen-bond donors (Lipinski definition) is 1. The average molecular weight is 319 g/mol. The van der Waals surface area contributed by atoms with E-state index < -0.39 is 43.2 Å². The predicted octanol–water partition coefficient (Wildman–Crippen LogP) is 1.98. The van der Waals surface area contributed by atoms with E-state index in [-0.39, 0.29) is 6.42 Å². The molecule has 1 aliphatic carbocycles. The number of benzene rings is 1. The molecule has 1 aliphatic rings. The first kappa shape index (κ1) is 15.8. The van der Waals surface area contributed by atoms with Gasteiger partial charge >= 0.3 is 17.1 Å². The topological polar surface area (TPSA) is 150 Å². The van der Waals surface area contributed by atoms with Crippen molar-refractivity contribution in [3.63, 3.8) is 0 Å². The van der Waals surface area contributed by atoms with Crippen molar-refractivity contribution in [3.05, 3.63) is 101 Å². The minimum atomic E-state index is -1.24. The molecule has 118 valence electrons. The van der Waals surface area contributed by atoms with Crippen LogP contribution in [0.5, 0.6) is 0 Å². The van der Waals surface area contributed by atoms with Crippen LogP contribution >= 0.6 is 0 Å². The summed E-state index contributed by atoms with van der Waals surface area (Å²) >= 11 is 0. The molecular formula is C13H9N3O7. The van der Waals surface area contributed by atoms with Gasteiger partial charge in [0.15, 0.2) is 0 Å². The quantitative estimate of drug-likeness (QED) is 0.495. The Kier molecular flexibility index (Phi) is 4.16. The first-order valence-corrected chi connectivity index (χ1v) is 6.19. The Morgan fingerprint density at radius 2 is 1.48 bits per heavy atom. The Hall–Kier alpha value is -3.56. The highest BCUT2D eigenvalue weighted by molar-refractivity contribution is 5.52. The second-order valence-electron chi connectivity index (χ2n) is 4.52. The van der Waals surface area contributed by atoms with Crippen LogP contribution < -0.4 is 0 Å². The lowest BCUT2D eigenvalue weighted by molar-refractivity contribution is -0.496. The van der Waals surface area contributed by atoms with Crippen LogP contribution in [-0.4, -0.2) is 19.9 Å². The van der Waals surface area contributed by atoms with E-state index in [1.807, 2.05) is 0 Å². The monoisotopic (exact) mass is 319 g/mol. The summed E-state index contributed by atoms with van der Waals surface area (Å²) in [5.41, 5.74) is -3.30. The van der Waals surface area contributed by atoms with Crippen molar-refractivity contribution < 1.29 is 19.9 Å². The van der Waals surface area contributed by atoms with Gasteiger partial charge in [0.1, 0.15) is 11.3 Å². The lowest BCUT2D eigenvalue weighted by Gasteiger charge is -2.02. The third-order valence-corrected chi connectivity index (χ3v) is 3.09. The predicted molar refractivity (Wildman–Crippen MR) is 75.9 cm³/mol. The summed E-state index contributed by atoms with van der Waals surface area (Å²) in [6, 6.07) is 8.34. The molecule has 1 N–H and O–H groups in total. The van der Waals surface area contributed by atoms with Crippen LogP contribution in [0.15, 0.2) is 64.8 Å². The summed E-state index contributed by atoms with van der Waals surface area (Å²) in [6.45, 7) is 0. The summed E-state index contributed by atoms with van der Waals surface area (Å²) in [6.07, 6.45) is 0.495. The Morgan fingerprint density at radius 1 is 0.913 bits per heavy atom. The van der Waals surface area contributed by atoms with Crippen molar-refractivity contribution in [2.75, 3.05) is 0 Å². The van der Waals surface area contributed by atoms with Crippen LogP contribution in [0.1, 0.15) is 5.56 Å². The standard InChI is InChI=1S/C13H9N3O7/c17-11(6-8-4-2-1-3-5-8)9-7-10(14(18)19)13(16(22)23)12(9)15(20)21/h1-5,7,17H,6H2/b11-9+. The van der Waals surface area contributed by atoms with Gasteiger partial charge in [-0.05, 0) is 5.56 Å². The Morgan fingerprint density at radius 3 is 1.96 bits per heavy atom. The Balaban J connectivity index is 2.60. The van der Waals surface area contributed by atoms with Gasteiger partial charge in [-0.3, -0.25) is 30.3 Å². The molecule has 23 heavy (non-hydrogen) atoms. The highest BCUT2D eigenvalue weighted by atomic mass is 16.6. The molecule has 0 atom stereocenters. The van der Waals surface area contributed by atoms with Gasteiger partial charge in [0.05, 0.1) is 14.8 Å². The van der Waals surface area contributed by atoms with Crippen LogP contribution in [0.4, 0.5) is 0 Å². The molecule has 0 unspecified atom stereocenters. The lowest BCUT2D eigenvalue weighted by atomic mass is 10.1. The highest BCUT2D eigenvalue weighted by Crippen LogP contribution is 2.34. The van der Waals surface area contributed by atoms with Crippen LogP contribution in [0.3, 0.4) is 0 Å². The van der Waals surface area contributed by atoms with Crippen molar-refractivity contribution in [2.24, 2.45) is 0 Å². The molecule has 0 amide bonds. The van der Waals surface area contributed by atoms with Crippen LogP contribution in [0.2, 0.25) is 0 Å². The molecule has 0 radical (unpaired) electrons. The minimum absolute atomic E-state index is 0.153. The third kappa shape index (κ3) is 3.05. The Bertz CT molecular complexity index is 793. The molecule has 0 fully saturated rings. The highest BCUT2D eigenvalue weighted by Gasteiger charge is 2.48. The normalized spacial score (nSPS) is 16.1. The second-order valence-corrected chi connectivity index (χ2v) is 4.52. The number of aliphatic hydroxyl groups is 1. The summed E-state index contributed by atoms with van der Waals surface area (Å²) in [5.74, 6) is -0.556. The largest absolute Gasteiger partial charge is 0.511 e. The number of aliphatic hydroxyl groups excluding tert-OH is 1. The number of nitrogens with zero attached hydrogens (tertiary/aromatic N) is 3. The van der Waals surface area contributed by atoms with Crippen LogP contribution in [-0.2, 0) is 6.42 Å². The second kappa shape index (κ2) is 6.05. The lowest BCUT2D eigenvalue weighted by Crippen LogP contribution is -2.12. The summed E-state index contributed by atoms with van der Waals surface area (Å²) in [7, 11) is 0. The zero-order chi connectivity index (χ0) is 17.1. The maximum atomic E-state index is 11.1. The van der Waals surface area contributed by atoms with Gasteiger partial charge in [-0.25, -0.2) is 0 Å². The molecule has 10 heteroatoms. The molecule has 2 rings (SSSR count). The smallest absolute Gasteiger partial charge is 0.423 e. The maximum Gasteiger partial charge on any atom is 0.423 e.